The second kappa shape index (κ2) is 10.8. The molecule has 2 aromatic carbocycles. The van der Waals surface area contributed by atoms with Gasteiger partial charge in [0.15, 0.2) is 5.82 Å². The maximum atomic E-state index is 13.7. The molecule has 4 aromatic rings. The number of carbonyl (C=O) groups excluding carboxylic acids is 2. The first-order valence-electron chi connectivity index (χ1n) is 12.6. The van der Waals surface area contributed by atoms with Crippen LogP contribution < -0.4 is 11.1 Å². The van der Waals surface area contributed by atoms with Gasteiger partial charge in [-0.3, -0.25) is 9.59 Å². The van der Waals surface area contributed by atoms with Crippen molar-refractivity contribution in [2.24, 2.45) is 5.73 Å². The van der Waals surface area contributed by atoms with Gasteiger partial charge in [-0.2, -0.15) is 5.10 Å². The molecule has 0 fully saturated rings. The Kier molecular flexibility index (Phi) is 7.14. The second-order valence-electron chi connectivity index (χ2n) is 9.55. The summed E-state index contributed by atoms with van der Waals surface area (Å²) in [7, 11) is 0. The molecule has 198 valence electrons. The van der Waals surface area contributed by atoms with Crippen LogP contribution in [0.1, 0.15) is 41.3 Å². The van der Waals surface area contributed by atoms with Crippen molar-refractivity contribution in [3.8, 4) is 17.1 Å². The number of hydrogen-bond donors (Lipinski definition) is 2. The van der Waals surface area contributed by atoms with Gasteiger partial charge in [0.2, 0.25) is 0 Å². The smallest absolute Gasteiger partial charge is 0.352 e. The number of hydrogen-bond acceptors (Lipinski definition) is 6. The molecular formula is C30H29N5O4. The van der Waals surface area contributed by atoms with Crippen molar-refractivity contribution in [1.29, 1.82) is 0 Å². The van der Waals surface area contributed by atoms with Crippen LogP contribution >= 0.6 is 0 Å². The molecule has 0 radical (unpaired) electrons. The first-order valence-corrected chi connectivity index (χ1v) is 12.6. The molecule has 9 nitrogen and oxygen atoms in total. The van der Waals surface area contributed by atoms with Crippen molar-refractivity contribution < 1.29 is 19.1 Å². The van der Waals surface area contributed by atoms with Gasteiger partial charge in [-0.1, -0.05) is 68.4 Å². The average molecular weight is 524 g/mol. The van der Waals surface area contributed by atoms with Gasteiger partial charge < -0.3 is 20.5 Å². The van der Waals surface area contributed by atoms with Crippen molar-refractivity contribution in [3.05, 3.63) is 114 Å². The predicted octanol–water partition coefficient (Wildman–Crippen LogP) is 4.10. The quantitative estimate of drug-likeness (QED) is 0.341. The Bertz CT molecular complexity index is 1490. The lowest BCUT2D eigenvalue weighted by Gasteiger charge is -2.33. The number of nitrogens with two attached hydrogens (primary N) is 1. The Balaban J connectivity index is 1.44. The molecule has 0 saturated carbocycles. The van der Waals surface area contributed by atoms with Gasteiger partial charge in [0.1, 0.15) is 18.6 Å². The molecule has 9 heteroatoms. The van der Waals surface area contributed by atoms with Crippen LogP contribution in [-0.2, 0) is 20.7 Å². The number of rotatable bonds is 9. The van der Waals surface area contributed by atoms with E-state index in [1.54, 1.807) is 29.2 Å². The summed E-state index contributed by atoms with van der Waals surface area (Å²) in [6.07, 6.45) is 6.05. The van der Waals surface area contributed by atoms with Crippen LogP contribution in [0.15, 0.2) is 97.7 Å². The highest BCUT2D eigenvalue weighted by Gasteiger charge is 2.51. The average Bonchev–Trinajstić information content (AvgIpc) is 3.65. The molecule has 2 aromatic heterocycles. The highest BCUT2D eigenvalue weighted by Crippen LogP contribution is 2.28. The fourth-order valence-electron chi connectivity index (χ4n) is 4.50. The molecule has 0 aliphatic carbocycles. The summed E-state index contributed by atoms with van der Waals surface area (Å²) in [5.41, 5.74) is 9.75. The fraction of sp³-hybridized carbons (Fsp3) is 0.200. The zero-order valence-electron chi connectivity index (χ0n) is 21.7. The first-order chi connectivity index (χ1) is 18.9. The predicted molar refractivity (Wildman–Crippen MR) is 146 cm³/mol. The molecular weight excluding hydrogens is 494 g/mol. The van der Waals surface area contributed by atoms with Crippen LogP contribution in [0.5, 0.6) is 0 Å². The molecule has 1 aliphatic rings. The molecule has 2 amide bonds. The topological polar surface area (TPSA) is 121 Å². The van der Waals surface area contributed by atoms with Crippen molar-refractivity contribution in [1.82, 2.24) is 20.1 Å². The Labute approximate surface area is 226 Å². The van der Waals surface area contributed by atoms with Crippen LogP contribution in [0.2, 0.25) is 0 Å². The zero-order valence-corrected chi connectivity index (χ0v) is 21.7. The number of benzene rings is 2. The summed E-state index contributed by atoms with van der Waals surface area (Å²) in [6, 6.07) is 21.8. The van der Waals surface area contributed by atoms with Gasteiger partial charge >= 0.3 is 11.7 Å². The normalized spacial score (nSPS) is 14.4. The molecule has 39 heavy (non-hydrogen) atoms. The van der Waals surface area contributed by atoms with Gasteiger partial charge in [0.05, 0.1) is 11.3 Å². The van der Waals surface area contributed by atoms with E-state index in [9.17, 15) is 9.59 Å². The Morgan fingerprint density at radius 3 is 2.36 bits per heavy atom. The van der Waals surface area contributed by atoms with E-state index in [-0.39, 0.29) is 12.0 Å². The summed E-state index contributed by atoms with van der Waals surface area (Å²) in [6.45, 7) is 4.29. The monoisotopic (exact) mass is 523 g/mol. The van der Waals surface area contributed by atoms with E-state index in [4.69, 9.17) is 15.2 Å². The third-order valence-electron chi connectivity index (χ3n) is 6.64. The lowest BCUT2D eigenvalue weighted by atomic mass is 9.97. The molecule has 0 bridgehead atoms. The highest BCUT2D eigenvalue weighted by atomic mass is 16.7. The number of aromatic nitrogens is 3. The molecule has 1 atom stereocenters. The number of nitrogens with zero attached hydrogens (tertiary/aromatic N) is 3. The first kappa shape index (κ1) is 25.7. The minimum Gasteiger partial charge on any atom is -0.447 e. The number of amides is 2. The van der Waals surface area contributed by atoms with Gasteiger partial charge in [-0.25, -0.2) is 9.67 Å². The van der Waals surface area contributed by atoms with E-state index in [1.165, 1.54) is 18.1 Å². The van der Waals surface area contributed by atoms with Crippen LogP contribution in [0.3, 0.4) is 0 Å². The van der Waals surface area contributed by atoms with E-state index in [0.29, 0.717) is 11.7 Å². The standard InChI is InChI=1S/C30H29N5O4/c1-20(2)22-10-12-23(13-11-22)25-14-16-35(34-25)27-24(9-6-15-32-27)28(36)33-26(19-21-7-4-3-5-8-21)30(29(31)37)38-17-18-39-30/h3-18,20,26H,19H2,1-2H3,(H2,31,37)(H,33,36). The van der Waals surface area contributed by atoms with E-state index >= 15 is 0 Å². The van der Waals surface area contributed by atoms with E-state index in [1.807, 2.05) is 48.5 Å². The van der Waals surface area contributed by atoms with Crippen molar-refractivity contribution >= 4 is 11.8 Å². The molecule has 0 saturated heterocycles. The Morgan fingerprint density at radius 1 is 0.974 bits per heavy atom. The summed E-state index contributed by atoms with van der Waals surface area (Å²) in [5, 5.41) is 7.58. The molecule has 5 rings (SSSR count). The van der Waals surface area contributed by atoms with E-state index < -0.39 is 23.6 Å². The Morgan fingerprint density at radius 2 is 1.69 bits per heavy atom. The van der Waals surface area contributed by atoms with Crippen LogP contribution in [0.25, 0.3) is 17.1 Å². The lowest BCUT2D eigenvalue weighted by molar-refractivity contribution is -0.182. The number of ether oxygens (including phenoxy) is 2. The van der Waals surface area contributed by atoms with Gasteiger partial charge in [0, 0.05) is 24.4 Å². The van der Waals surface area contributed by atoms with Gasteiger partial charge in [-0.15, -0.1) is 0 Å². The number of primary amides is 1. The highest BCUT2D eigenvalue weighted by molar-refractivity contribution is 5.98. The van der Waals surface area contributed by atoms with E-state index in [0.717, 1.165) is 16.8 Å². The minimum atomic E-state index is -1.89. The van der Waals surface area contributed by atoms with Crippen LogP contribution in [0, 0.1) is 0 Å². The molecule has 1 unspecified atom stereocenters. The number of carbonyl (C=O) groups is 2. The maximum Gasteiger partial charge on any atom is 0.352 e. The van der Waals surface area contributed by atoms with Crippen molar-refractivity contribution in [2.75, 3.05) is 0 Å². The summed E-state index contributed by atoms with van der Waals surface area (Å²) in [4.78, 5) is 30.6. The lowest BCUT2D eigenvalue weighted by Crippen LogP contribution is -2.61. The fourth-order valence-corrected chi connectivity index (χ4v) is 4.50. The molecule has 0 spiro atoms. The van der Waals surface area contributed by atoms with E-state index in [2.05, 4.69) is 41.4 Å². The number of nitrogens with one attached hydrogen (secondary N) is 1. The maximum absolute atomic E-state index is 13.7. The summed E-state index contributed by atoms with van der Waals surface area (Å²) in [5.74, 6) is -2.48. The second-order valence-corrected chi connectivity index (χ2v) is 9.55. The van der Waals surface area contributed by atoms with Gasteiger partial charge in [-0.05, 0) is 35.2 Å². The summed E-state index contributed by atoms with van der Waals surface area (Å²) >= 11 is 0. The molecule has 3 heterocycles. The summed E-state index contributed by atoms with van der Waals surface area (Å²) < 4.78 is 12.6. The largest absolute Gasteiger partial charge is 0.447 e. The van der Waals surface area contributed by atoms with Crippen molar-refractivity contribution in [2.45, 2.75) is 38.0 Å². The minimum absolute atomic E-state index is 0.227. The third kappa shape index (κ3) is 5.24. The molecule has 3 N–H and O–H groups in total. The van der Waals surface area contributed by atoms with Crippen LogP contribution in [0.4, 0.5) is 0 Å². The van der Waals surface area contributed by atoms with Crippen LogP contribution in [-0.4, -0.2) is 38.4 Å². The Hall–Kier alpha value is -4.92. The zero-order chi connectivity index (χ0) is 27.4. The van der Waals surface area contributed by atoms with Crippen molar-refractivity contribution in [3.63, 3.8) is 0 Å². The third-order valence-corrected chi connectivity index (χ3v) is 6.64. The SMILES string of the molecule is CC(C)c1ccc(-c2ccn(-c3ncccc3C(=O)NC(Cc3ccccc3)C3(C(N)=O)OC=CO3)n2)cc1. The van der Waals surface area contributed by atoms with Gasteiger partial charge in [0.25, 0.3) is 5.91 Å². The molecule has 1 aliphatic heterocycles. The number of pyridine rings is 1.